The zero-order valence-electron chi connectivity index (χ0n) is 14.0. The van der Waals surface area contributed by atoms with Gasteiger partial charge in [-0.05, 0) is 24.9 Å². The number of piperazine rings is 1. The fraction of sp³-hybridized carbons (Fsp3) is 0.733. The van der Waals surface area contributed by atoms with Crippen LogP contribution >= 0.6 is 35.7 Å². The smallest absolute Gasteiger partial charge is 0.193 e. The highest BCUT2D eigenvalue weighted by molar-refractivity contribution is 14.0. The normalized spacial score (nSPS) is 16.3. The molecule has 2 heterocycles. The van der Waals surface area contributed by atoms with Crippen molar-refractivity contribution in [3.8, 4) is 0 Å². The quantitative estimate of drug-likeness (QED) is 0.296. The molecule has 0 atom stereocenters. The summed E-state index contributed by atoms with van der Waals surface area (Å²) in [5.41, 5.74) is 1.00. The summed E-state index contributed by atoms with van der Waals surface area (Å²) in [6.45, 7) is 5.93. The van der Waals surface area contributed by atoms with Crippen molar-refractivity contribution in [2.24, 2.45) is 4.99 Å². The van der Waals surface area contributed by atoms with E-state index in [0.29, 0.717) is 0 Å². The highest BCUT2D eigenvalue weighted by Crippen LogP contribution is 2.07. The lowest BCUT2D eigenvalue weighted by Gasteiger charge is -2.36. The summed E-state index contributed by atoms with van der Waals surface area (Å²) in [7, 11) is 1.87. The van der Waals surface area contributed by atoms with Gasteiger partial charge in [-0.15, -0.1) is 24.0 Å². The van der Waals surface area contributed by atoms with Crippen LogP contribution in [0.2, 0.25) is 0 Å². The minimum Gasteiger partial charge on any atom is -0.364 e. The fourth-order valence-corrected chi connectivity index (χ4v) is 3.06. The van der Waals surface area contributed by atoms with Crippen LogP contribution < -0.4 is 5.32 Å². The molecule has 23 heavy (non-hydrogen) atoms. The van der Waals surface area contributed by atoms with Crippen LogP contribution in [-0.2, 0) is 6.54 Å². The molecule has 1 aliphatic heterocycles. The Morgan fingerprint density at radius 2 is 2.13 bits per heavy atom. The third kappa shape index (κ3) is 7.30. The van der Waals surface area contributed by atoms with E-state index in [1.165, 1.54) is 18.6 Å². The number of guanidine groups is 1. The van der Waals surface area contributed by atoms with Crippen LogP contribution in [-0.4, -0.2) is 72.7 Å². The van der Waals surface area contributed by atoms with Crippen LogP contribution in [0.25, 0.3) is 0 Å². The van der Waals surface area contributed by atoms with Crippen molar-refractivity contribution < 1.29 is 4.52 Å². The van der Waals surface area contributed by atoms with Gasteiger partial charge in [0.15, 0.2) is 5.96 Å². The molecule has 0 unspecified atom stereocenters. The Labute approximate surface area is 160 Å². The van der Waals surface area contributed by atoms with Crippen LogP contribution in [0.15, 0.2) is 21.8 Å². The van der Waals surface area contributed by atoms with Gasteiger partial charge in [-0.25, -0.2) is 0 Å². The number of nitrogens with one attached hydrogen (secondary N) is 1. The number of nitrogens with zero attached hydrogens (tertiary/aromatic N) is 4. The molecule has 1 aromatic heterocycles. The summed E-state index contributed by atoms with van der Waals surface area (Å²) in [5, 5.41) is 7.46. The van der Waals surface area contributed by atoms with E-state index in [1.54, 1.807) is 6.26 Å². The van der Waals surface area contributed by atoms with Gasteiger partial charge in [0.25, 0.3) is 0 Å². The molecule has 0 aliphatic carbocycles. The second kappa shape index (κ2) is 12.0. The number of unbranched alkanes of at least 4 members (excludes halogenated alkanes) is 1. The first-order chi connectivity index (χ1) is 10.8. The number of hydrogen-bond donors (Lipinski definition) is 1. The van der Waals surface area contributed by atoms with Gasteiger partial charge in [0.1, 0.15) is 6.26 Å². The van der Waals surface area contributed by atoms with Crippen molar-refractivity contribution >= 4 is 41.7 Å². The summed E-state index contributed by atoms with van der Waals surface area (Å²) in [6, 6.07) is 1.93. The Hall–Kier alpha value is -0.480. The fourth-order valence-electron chi connectivity index (χ4n) is 2.57. The Balaban J connectivity index is 0.00000264. The lowest BCUT2D eigenvalue weighted by Crippen LogP contribution is -2.52. The van der Waals surface area contributed by atoms with Crippen molar-refractivity contribution in [2.45, 2.75) is 19.4 Å². The van der Waals surface area contributed by atoms with Gasteiger partial charge in [-0.1, -0.05) is 5.16 Å². The predicted molar refractivity (Wildman–Crippen MR) is 108 cm³/mol. The molecule has 0 aromatic carbocycles. The molecule has 1 N–H and O–H groups in total. The van der Waals surface area contributed by atoms with Crippen molar-refractivity contribution in [1.82, 2.24) is 20.3 Å². The van der Waals surface area contributed by atoms with Gasteiger partial charge >= 0.3 is 0 Å². The van der Waals surface area contributed by atoms with Crippen molar-refractivity contribution in [3.05, 3.63) is 18.0 Å². The maximum absolute atomic E-state index is 4.89. The Morgan fingerprint density at radius 3 is 2.74 bits per heavy atom. The second-order valence-electron chi connectivity index (χ2n) is 5.43. The molecule has 132 valence electrons. The van der Waals surface area contributed by atoms with Crippen LogP contribution in [0.5, 0.6) is 0 Å². The molecule has 0 amide bonds. The molecule has 0 radical (unpaired) electrons. The minimum absolute atomic E-state index is 0. The molecular weight excluding hydrogens is 425 g/mol. The van der Waals surface area contributed by atoms with E-state index in [9.17, 15) is 0 Å². The van der Waals surface area contributed by atoms with Crippen molar-refractivity contribution in [3.63, 3.8) is 0 Å². The highest BCUT2D eigenvalue weighted by Gasteiger charge is 2.19. The largest absolute Gasteiger partial charge is 0.364 e. The maximum atomic E-state index is 4.89. The van der Waals surface area contributed by atoms with Gasteiger partial charge in [0.05, 0.1) is 5.69 Å². The Bertz CT molecular complexity index is 435. The standard InChI is InChI=1S/C15H27N5OS.HI/c1-16-15(17-6-3-4-12-22-2)20-9-7-19(8-10-20)13-14-5-11-21-18-14;/h5,11H,3-4,6-10,12-13H2,1-2H3,(H,16,17);1H. The first-order valence-corrected chi connectivity index (χ1v) is 9.29. The number of rotatable bonds is 7. The van der Waals surface area contributed by atoms with Crippen LogP contribution in [0, 0.1) is 0 Å². The summed E-state index contributed by atoms with van der Waals surface area (Å²) in [5.74, 6) is 2.27. The van der Waals surface area contributed by atoms with Gasteiger partial charge < -0.3 is 14.7 Å². The lowest BCUT2D eigenvalue weighted by molar-refractivity contribution is 0.169. The molecule has 1 aliphatic rings. The molecule has 1 aromatic rings. The minimum atomic E-state index is 0. The first-order valence-electron chi connectivity index (χ1n) is 7.89. The van der Waals surface area contributed by atoms with Crippen molar-refractivity contribution in [2.75, 3.05) is 51.8 Å². The van der Waals surface area contributed by atoms with Crippen LogP contribution in [0.1, 0.15) is 18.5 Å². The molecule has 2 rings (SSSR count). The Morgan fingerprint density at radius 1 is 1.35 bits per heavy atom. The number of halogens is 1. The lowest BCUT2D eigenvalue weighted by atomic mass is 10.3. The van der Waals surface area contributed by atoms with E-state index >= 15 is 0 Å². The molecule has 0 saturated carbocycles. The monoisotopic (exact) mass is 453 g/mol. The molecular formula is C15H28IN5OS. The van der Waals surface area contributed by atoms with E-state index in [4.69, 9.17) is 4.52 Å². The average molecular weight is 453 g/mol. The summed E-state index contributed by atoms with van der Waals surface area (Å²) in [6.07, 6.45) is 6.25. The summed E-state index contributed by atoms with van der Waals surface area (Å²) in [4.78, 5) is 9.15. The number of aromatic nitrogens is 1. The molecule has 6 nitrogen and oxygen atoms in total. The third-order valence-electron chi connectivity index (χ3n) is 3.82. The SMILES string of the molecule is CN=C(NCCCCSC)N1CCN(Cc2ccon2)CC1.I. The predicted octanol–water partition coefficient (Wildman–Crippen LogP) is 2.13. The van der Waals surface area contributed by atoms with Gasteiger partial charge in [-0.2, -0.15) is 11.8 Å². The summed E-state index contributed by atoms with van der Waals surface area (Å²) < 4.78 is 4.89. The van der Waals surface area contributed by atoms with E-state index < -0.39 is 0 Å². The van der Waals surface area contributed by atoms with Gasteiger partial charge in [-0.3, -0.25) is 9.89 Å². The number of aliphatic imine (C=N–C) groups is 1. The van der Waals surface area contributed by atoms with E-state index in [-0.39, 0.29) is 24.0 Å². The molecule has 8 heteroatoms. The summed E-state index contributed by atoms with van der Waals surface area (Å²) >= 11 is 1.91. The molecule has 0 spiro atoms. The topological polar surface area (TPSA) is 56.9 Å². The van der Waals surface area contributed by atoms with Crippen LogP contribution in [0.3, 0.4) is 0 Å². The number of hydrogen-bond acceptors (Lipinski definition) is 5. The van der Waals surface area contributed by atoms with Gasteiger partial charge in [0, 0.05) is 52.4 Å². The Kier molecular flexibility index (Phi) is 10.7. The van der Waals surface area contributed by atoms with E-state index in [2.05, 4.69) is 31.5 Å². The highest BCUT2D eigenvalue weighted by atomic mass is 127. The average Bonchev–Trinajstić information content (AvgIpc) is 3.05. The zero-order valence-corrected chi connectivity index (χ0v) is 17.2. The van der Waals surface area contributed by atoms with Crippen LogP contribution in [0.4, 0.5) is 0 Å². The molecule has 0 bridgehead atoms. The van der Waals surface area contributed by atoms with Gasteiger partial charge in [0.2, 0.25) is 0 Å². The second-order valence-corrected chi connectivity index (χ2v) is 6.41. The molecule has 1 fully saturated rings. The van der Waals surface area contributed by atoms with E-state index in [1.807, 2.05) is 24.9 Å². The molecule has 1 saturated heterocycles. The number of thioether (sulfide) groups is 1. The first kappa shape index (κ1) is 20.6. The van der Waals surface area contributed by atoms with Crippen molar-refractivity contribution in [1.29, 1.82) is 0 Å². The zero-order chi connectivity index (χ0) is 15.6. The van der Waals surface area contributed by atoms with E-state index in [0.717, 1.165) is 50.9 Å². The third-order valence-corrected chi connectivity index (χ3v) is 4.52. The maximum Gasteiger partial charge on any atom is 0.193 e.